The molecule has 0 fully saturated rings. The normalized spacial score (nSPS) is 19.4. The van der Waals surface area contributed by atoms with Crippen molar-refractivity contribution in [2.24, 2.45) is 0 Å². The summed E-state index contributed by atoms with van der Waals surface area (Å²) in [6.07, 6.45) is 1.13. The Morgan fingerprint density at radius 1 is 1.64 bits per heavy atom. The Balaban J connectivity index is 2.28. The van der Waals surface area contributed by atoms with E-state index in [1.807, 2.05) is 19.1 Å². The maximum absolute atomic E-state index is 11.5. The van der Waals surface area contributed by atoms with Crippen molar-refractivity contribution < 1.29 is 9.53 Å². The Morgan fingerprint density at radius 3 is 3.14 bits per heavy atom. The van der Waals surface area contributed by atoms with Crippen LogP contribution in [0.4, 0.5) is 0 Å². The molecule has 1 aliphatic rings. The van der Waals surface area contributed by atoms with Crippen molar-refractivity contribution in [2.75, 3.05) is 6.61 Å². The van der Waals surface area contributed by atoms with Gasteiger partial charge in [-0.15, -0.1) is 0 Å². The molecular formula is C11H15NO2. The van der Waals surface area contributed by atoms with Gasteiger partial charge < -0.3 is 9.30 Å². The molecule has 3 nitrogen and oxygen atoms in total. The van der Waals surface area contributed by atoms with Gasteiger partial charge in [0.05, 0.1) is 6.61 Å². The molecule has 0 amide bonds. The first-order valence-corrected chi connectivity index (χ1v) is 5.10. The third-order valence-electron chi connectivity index (χ3n) is 2.79. The predicted molar refractivity (Wildman–Crippen MR) is 53.4 cm³/mol. The molecular weight excluding hydrogens is 178 g/mol. The molecule has 0 radical (unpaired) electrons. The van der Waals surface area contributed by atoms with Crippen LogP contribution < -0.4 is 0 Å². The van der Waals surface area contributed by atoms with Crippen molar-refractivity contribution in [3.05, 3.63) is 23.5 Å². The van der Waals surface area contributed by atoms with Crippen molar-refractivity contribution in [3.63, 3.8) is 0 Å². The lowest BCUT2D eigenvalue weighted by atomic mass is 10.1. The average molecular weight is 193 g/mol. The van der Waals surface area contributed by atoms with Crippen LogP contribution in [0, 0.1) is 0 Å². The van der Waals surface area contributed by atoms with E-state index in [9.17, 15) is 4.79 Å². The Morgan fingerprint density at radius 2 is 2.43 bits per heavy atom. The number of hydrogen-bond donors (Lipinski definition) is 0. The van der Waals surface area contributed by atoms with Crippen LogP contribution in [0.2, 0.25) is 0 Å². The number of esters is 1. The molecule has 2 rings (SSSR count). The van der Waals surface area contributed by atoms with Crippen molar-refractivity contribution in [2.45, 2.75) is 32.7 Å². The highest BCUT2D eigenvalue weighted by molar-refractivity contribution is 5.88. The number of rotatable bonds is 2. The summed E-state index contributed by atoms with van der Waals surface area (Å²) in [5.74, 6) is 0.367. The predicted octanol–water partition coefficient (Wildman–Crippen LogP) is 2.17. The van der Waals surface area contributed by atoms with Gasteiger partial charge >= 0.3 is 5.97 Å². The van der Waals surface area contributed by atoms with E-state index in [1.165, 1.54) is 5.69 Å². The number of carbonyl (C=O) groups excluding carboxylic acids is 1. The zero-order chi connectivity index (χ0) is 10.1. The Bertz CT molecular complexity index is 354. The van der Waals surface area contributed by atoms with E-state index >= 15 is 0 Å². The molecule has 0 spiro atoms. The molecule has 0 bridgehead atoms. The molecule has 0 aromatic carbocycles. The fraction of sp³-hybridized carbons (Fsp3) is 0.545. The molecule has 1 aromatic rings. The fourth-order valence-corrected chi connectivity index (χ4v) is 2.02. The number of carbonyl (C=O) groups is 1. The smallest absolute Gasteiger partial charge is 0.354 e. The van der Waals surface area contributed by atoms with Crippen LogP contribution in [0.5, 0.6) is 0 Å². The molecule has 2 heterocycles. The zero-order valence-corrected chi connectivity index (χ0v) is 8.62. The minimum atomic E-state index is -0.201. The Kier molecular flexibility index (Phi) is 2.32. The van der Waals surface area contributed by atoms with Crippen LogP contribution in [0.15, 0.2) is 12.1 Å². The van der Waals surface area contributed by atoms with Gasteiger partial charge in [-0.2, -0.15) is 0 Å². The van der Waals surface area contributed by atoms with Crippen molar-refractivity contribution >= 4 is 5.97 Å². The van der Waals surface area contributed by atoms with Crippen molar-refractivity contribution in [3.8, 4) is 0 Å². The first-order valence-electron chi connectivity index (χ1n) is 5.10. The molecule has 0 aliphatic carbocycles. The van der Waals surface area contributed by atoms with Crippen LogP contribution in [-0.2, 0) is 11.3 Å². The standard InChI is InChI=1S/C11H15NO2/c1-3-14-11(13)10-5-4-9-8(2)6-7-12(9)10/h4-5,8H,3,6-7H2,1-2H3. The van der Waals surface area contributed by atoms with Gasteiger partial charge in [-0.1, -0.05) is 6.92 Å². The van der Waals surface area contributed by atoms with Crippen molar-refractivity contribution in [1.82, 2.24) is 4.57 Å². The molecule has 1 aromatic heterocycles. The number of nitrogens with zero attached hydrogens (tertiary/aromatic N) is 1. The van der Waals surface area contributed by atoms with Gasteiger partial charge in [-0.25, -0.2) is 4.79 Å². The van der Waals surface area contributed by atoms with Gasteiger partial charge in [0.2, 0.25) is 0 Å². The number of hydrogen-bond acceptors (Lipinski definition) is 2. The second-order valence-electron chi connectivity index (χ2n) is 3.71. The highest BCUT2D eigenvalue weighted by atomic mass is 16.5. The number of ether oxygens (including phenoxy) is 1. The largest absolute Gasteiger partial charge is 0.461 e. The van der Waals surface area contributed by atoms with E-state index in [2.05, 4.69) is 11.5 Å². The Hall–Kier alpha value is -1.25. The summed E-state index contributed by atoms with van der Waals surface area (Å²) in [5.41, 5.74) is 1.96. The molecule has 1 atom stereocenters. The van der Waals surface area contributed by atoms with Gasteiger partial charge in [-0.3, -0.25) is 0 Å². The van der Waals surface area contributed by atoms with E-state index in [1.54, 1.807) is 0 Å². The van der Waals surface area contributed by atoms with E-state index in [0.717, 1.165) is 13.0 Å². The van der Waals surface area contributed by atoms with E-state index in [-0.39, 0.29) is 5.97 Å². The Labute approximate surface area is 83.7 Å². The molecule has 14 heavy (non-hydrogen) atoms. The first kappa shape index (κ1) is 9.31. The van der Waals surface area contributed by atoms with E-state index in [4.69, 9.17) is 4.74 Å². The second kappa shape index (κ2) is 3.48. The SMILES string of the molecule is CCOC(=O)c1ccc2n1CCC2C. The van der Waals surface area contributed by atoms with Gasteiger partial charge in [0, 0.05) is 12.2 Å². The summed E-state index contributed by atoms with van der Waals surface area (Å²) in [6.45, 7) is 5.40. The van der Waals surface area contributed by atoms with Gasteiger partial charge in [0.25, 0.3) is 0 Å². The lowest BCUT2D eigenvalue weighted by Gasteiger charge is -2.04. The molecule has 0 saturated carbocycles. The topological polar surface area (TPSA) is 31.2 Å². The lowest BCUT2D eigenvalue weighted by Crippen LogP contribution is -2.10. The van der Waals surface area contributed by atoms with Crippen LogP contribution >= 0.6 is 0 Å². The van der Waals surface area contributed by atoms with Crippen molar-refractivity contribution in [1.29, 1.82) is 0 Å². The summed E-state index contributed by atoms with van der Waals surface area (Å²) < 4.78 is 7.06. The maximum atomic E-state index is 11.5. The third kappa shape index (κ3) is 1.33. The lowest BCUT2D eigenvalue weighted by molar-refractivity contribution is 0.0514. The first-order chi connectivity index (χ1) is 6.74. The minimum Gasteiger partial charge on any atom is -0.461 e. The quantitative estimate of drug-likeness (QED) is 0.674. The summed E-state index contributed by atoms with van der Waals surface area (Å²) in [5, 5.41) is 0. The van der Waals surface area contributed by atoms with Crippen LogP contribution in [0.3, 0.4) is 0 Å². The van der Waals surface area contributed by atoms with Gasteiger partial charge in [-0.05, 0) is 31.4 Å². The molecule has 0 N–H and O–H groups in total. The maximum Gasteiger partial charge on any atom is 0.354 e. The minimum absolute atomic E-state index is 0.201. The average Bonchev–Trinajstić information content (AvgIpc) is 2.69. The van der Waals surface area contributed by atoms with Gasteiger partial charge in [0.1, 0.15) is 5.69 Å². The van der Waals surface area contributed by atoms with Crippen LogP contribution in [0.1, 0.15) is 42.4 Å². The van der Waals surface area contributed by atoms with Gasteiger partial charge in [0.15, 0.2) is 0 Å². The van der Waals surface area contributed by atoms with Crippen LogP contribution in [0.25, 0.3) is 0 Å². The zero-order valence-electron chi connectivity index (χ0n) is 8.62. The molecule has 1 aliphatic heterocycles. The summed E-state index contributed by atoms with van der Waals surface area (Å²) >= 11 is 0. The summed E-state index contributed by atoms with van der Waals surface area (Å²) in [6, 6.07) is 3.90. The second-order valence-corrected chi connectivity index (χ2v) is 3.71. The molecule has 76 valence electrons. The number of aromatic nitrogens is 1. The monoisotopic (exact) mass is 193 g/mol. The number of fused-ring (bicyclic) bond motifs is 1. The third-order valence-corrected chi connectivity index (χ3v) is 2.79. The molecule has 3 heteroatoms. The highest BCUT2D eigenvalue weighted by Crippen LogP contribution is 2.29. The molecule has 0 saturated heterocycles. The summed E-state index contributed by atoms with van der Waals surface area (Å²) in [4.78, 5) is 11.5. The highest BCUT2D eigenvalue weighted by Gasteiger charge is 2.23. The van der Waals surface area contributed by atoms with Crippen LogP contribution in [-0.4, -0.2) is 17.1 Å². The molecule has 1 unspecified atom stereocenters. The fourth-order valence-electron chi connectivity index (χ4n) is 2.02. The van der Waals surface area contributed by atoms with E-state index < -0.39 is 0 Å². The summed E-state index contributed by atoms with van der Waals surface area (Å²) in [7, 11) is 0. The van der Waals surface area contributed by atoms with E-state index in [0.29, 0.717) is 18.2 Å².